The number of allylic oxidation sites excluding steroid dienone is 10. The van der Waals surface area contributed by atoms with Crippen LogP contribution in [-0.4, -0.2) is 37.2 Å². The number of hydrogen-bond donors (Lipinski definition) is 0. The number of carbonyl (C=O) groups excluding carboxylic acids is 3. The fourth-order valence-electron chi connectivity index (χ4n) is 8.90. The first-order chi connectivity index (χ1) is 35.0. The molecule has 0 aliphatic carbocycles. The zero-order valence-corrected chi connectivity index (χ0v) is 47.2. The Labute approximate surface area is 440 Å². The van der Waals surface area contributed by atoms with Gasteiger partial charge in [0.25, 0.3) is 0 Å². The third kappa shape index (κ3) is 57.9. The van der Waals surface area contributed by atoms with Crippen molar-refractivity contribution < 1.29 is 28.6 Å². The van der Waals surface area contributed by atoms with Crippen LogP contribution in [0, 0.1) is 0 Å². The van der Waals surface area contributed by atoms with Crippen LogP contribution in [0.1, 0.15) is 316 Å². The maximum atomic E-state index is 12.9. The van der Waals surface area contributed by atoms with E-state index in [1.54, 1.807) is 0 Å². The molecule has 0 spiro atoms. The number of unbranched alkanes of at least 4 members (excludes halogenated alkanes) is 35. The van der Waals surface area contributed by atoms with Crippen molar-refractivity contribution in [3.8, 4) is 0 Å². The van der Waals surface area contributed by atoms with E-state index in [0.29, 0.717) is 19.3 Å². The van der Waals surface area contributed by atoms with Crippen molar-refractivity contribution >= 4 is 17.9 Å². The van der Waals surface area contributed by atoms with Crippen LogP contribution in [0.15, 0.2) is 60.8 Å². The van der Waals surface area contributed by atoms with Gasteiger partial charge < -0.3 is 14.2 Å². The van der Waals surface area contributed by atoms with Crippen molar-refractivity contribution in [2.45, 2.75) is 322 Å². The lowest BCUT2D eigenvalue weighted by atomic mass is 10.0. The SMILES string of the molecule is CC/C=C\C/C=C\C/C=C\C/C=C\CCCCCCCCCCCCC(=O)OCC(COC(=O)CCCCCCCCCCCCCCC)OC(=O)CCCCCCCCC/C=C\CCCCCCCC. The quantitative estimate of drug-likeness (QED) is 0.0261. The molecule has 71 heavy (non-hydrogen) atoms. The molecule has 1 atom stereocenters. The Bertz CT molecular complexity index is 1280. The molecule has 0 aromatic heterocycles. The van der Waals surface area contributed by atoms with Gasteiger partial charge >= 0.3 is 17.9 Å². The molecule has 6 nitrogen and oxygen atoms in total. The summed E-state index contributed by atoms with van der Waals surface area (Å²) in [5, 5.41) is 0. The van der Waals surface area contributed by atoms with Gasteiger partial charge in [-0.15, -0.1) is 0 Å². The fourth-order valence-corrected chi connectivity index (χ4v) is 8.90. The average molecular weight is 994 g/mol. The molecular weight excluding hydrogens is 877 g/mol. The van der Waals surface area contributed by atoms with E-state index in [1.807, 2.05) is 0 Å². The van der Waals surface area contributed by atoms with E-state index in [0.717, 1.165) is 83.5 Å². The van der Waals surface area contributed by atoms with E-state index >= 15 is 0 Å². The molecule has 0 fully saturated rings. The van der Waals surface area contributed by atoms with Gasteiger partial charge in [-0.25, -0.2) is 0 Å². The highest BCUT2D eigenvalue weighted by molar-refractivity contribution is 5.71. The molecule has 0 saturated carbocycles. The number of esters is 3. The molecule has 412 valence electrons. The summed E-state index contributed by atoms with van der Waals surface area (Å²) in [5.41, 5.74) is 0. The second-order valence-corrected chi connectivity index (χ2v) is 20.6. The molecular formula is C65H116O6. The number of rotatable bonds is 56. The second-order valence-electron chi connectivity index (χ2n) is 20.6. The van der Waals surface area contributed by atoms with Gasteiger partial charge in [0.05, 0.1) is 0 Å². The number of ether oxygens (including phenoxy) is 3. The molecule has 6 heteroatoms. The van der Waals surface area contributed by atoms with Gasteiger partial charge in [0.2, 0.25) is 0 Å². The van der Waals surface area contributed by atoms with Crippen molar-refractivity contribution in [2.24, 2.45) is 0 Å². The molecule has 0 amide bonds. The van der Waals surface area contributed by atoms with E-state index in [4.69, 9.17) is 14.2 Å². The van der Waals surface area contributed by atoms with Gasteiger partial charge in [-0.2, -0.15) is 0 Å². The predicted molar refractivity (Wildman–Crippen MR) is 307 cm³/mol. The zero-order valence-electron chi connectivity index (χ0n) is 47.2. The standard InChI is InChI=1S/C65H116O6/c1-4-7-10-13-16-19-22-25-27-29-30-31-32-33-34-36-37-40-43-46-49-52-55-58-64(67)70-61-62(60-69-63(66)57-54-51-48-45-42-39-24-21-18-15-12-9-6-3)71-65(68)59-56-53-50-47-44-41-38-35-28-26-23-20-17-14-11-8-5-2/h7,10,16,19,25-28,30-31,62H,4-6,8-9,11-15,17-18,20-24,29,32-61H2,1-3H3/b10-7-,19-16-,27-25-,28-26-,31-30-. The van der Waals surface area contributed by atoms with Crippen LogP contribution in [0.3, 0.4) is 0 Å². The normalized spacial score (nSPS) is 12.4. The summed E-state index contributed by atoms with van der Waals surface area (Å²) in [6.45, 7) is 6.55. The van der Waals surface area contributed by atoms with Crippen molar-refractivity contribution in [1.82, 2.24) is 0 Å². The Morgan fingerprint density at radius 3 is 0.873 bits per heavy atom. The monoisotopic (exact) mass is 993 g/mol. The first kappa shape index (κ1) is 68.1. The van der Waals surface area contributed by atoms with E-state index in [1.165, 1.54) is 193 Å². The minimum atomic E-state index is -0.776. The molecule has 0 aliphatic rings. The summed E-state index contributed by atoms with van der Waals surface area (Å²) in [6.07, 6.45) is 75.0. The van der Waals surface area contributed by atoms with E-state index in [-0.39, 0.29) is 31.1 Å². The van der Waals surface area contributed by atoms with Gasteiger partial charge in [-0.05, 0) is 83.5 Å². The van der Waals surface area contributed by atoms with Gasteiger partial charge in [0.1, 0.15) is 13.2 Å². The maximum Gasteiger partial charge on any atom is 0.306 e. The Morgan fingerprint density at radius 1 is 0.296 bits per heavy atom. The van der Waals surface area contributed by atoms with Gasteiger partial charge in [-0.1, -0.05) is 274 Å². The van der Waals surface area contributed by atoms with Gasteiger partial charge in [0, 0.05) is 19.3 Å². The maximum absolute atomic E-state index is 12.9. The first-order valence-electron chi connectivity index (χ1n) is 30.8. The van der Waals surface area contributed by atoms with Crippen molar-refractivity contribution in [2.75, 3.05) is 13.2 Å². The molecule has 0 N–H and O–H groups in total. The summed E-state index contributed by atoms with van der Waals surface area (Å²) in [5.74, 6) is -0.866. The molecule has 0 aliphatic heterocycles. The van der Waals surface area contributed by atoms with Crippen LogP contribution >= 0.6 is 0 Å². The largest absolute Gasteiger partial charge is 0.462 e. The van der Waals surface area contributed by atoms with E-state index in [2.05, 4.69) is 81.5 Å². The third-order valence-electron chi connectivity index (χ3n) is 13.5. The van der Waals surface area contributed by atoms with Crippen LogP contribution in [-0.2, 0) is 28.6 Å². The lowest BCUT2D eigenvalue weighted by Crippen LogP contribution is -2.30. The summed E-state index contributed by atoms with van der Waals surface area (Å²) in [6, 6.07) is 0. The van der Waals surface area contributed by atoms with Crippen LogP contribution in [0.4, 0.5) is 0 Å². The van der Waals surface area contributed by atoms with Crippen LogP contribution < -0.4 is 0 Å². The van der Waals surface area contributed by atoms with Crippen LogP contribution in [0.2, 0.25) is 0 Å². The zero-order chi connectivity index (χ0) is 51.4. The number of carbonyl (C=O) groups is 3. The smallest absolute Gasteiger partial charge is 0.306 e. The summed E-state index contributed by atoms with van der Waals surface area (Å²) in [7, 11) is 0. The lowest BCUT2D eigenvalue weighted by Gasteiger charge is -2.18. The highest BCUT2D eigenvalue weighted by atomic mass is 16.6. The molecule has 0 rings (SSSR count). The number of hydrogen-bond acceptors (Lipinski definition) is 6. The summed E-state index contributed by atoms with van der Waals surface area (Å²) in [4.78, 5) is 38.2. The van der Waals surface area contributed by atoms with E-state index in [9.17, 15) is 14.4 Å². The first-order valence-corrected chi connectivity index (χ1v) is 30.8. The minimum Gasteiger partial charge on any atom is -0.462 e. The van der Waals surface area contributed by atoms with Crippen LogP contribution in [0.25, 0.3) is 0 Å². The van der Waals surface area contributed by atoms with Crippen molar-refractivity contribution in [3.05, 3.63) is 60.8 Å². The Morgan fingerprint density at radius 2 is 0.549 bits per heavy atom. The average Bonchev–Trinajstić information content (AvgIpc) is 3.37. The molecule has 0 saturated heterocycles. The molecule has 0 bridgehead atoms. The topological polar surface area (TPSA) is 78.9 Å². The molecule has 1 unspecified atom stereocenters. The fraction of sp³-hybridized carbons (Fsp3) is 0.800. The summed E-state index contributed by atoms with van der Waals surface area (Å²) < 4.78 is 16.9. The molecule has 0 aromatic carbocycles. The Kier molecular flexibility index (Phi) is 57.2. The van der Waals surface area contributed by atoms with Gasteiger partial charge in [-0.3, -0.25) is 14.4 Å². The summed E-state index contributed by atoms with van der Waals surface area (Å²) >= 11 is 0. The predicted octanol–water partition coefficient (Wildman–Crippen LogP) is 20.8. The van der Waals surface area contributed by atoms with Crippen molar-refractivity contribution in [1.29, 1.82) is 0 Å². The van der Waals surface area contributed by atoms with Crippen LogP contribution in [0.5, 0.6) is 0 Å². The van der Waals surface area contributed by atoms with Gasteiger partial charge in [0.15, 0.2) is 6.10 Å². The van der Waals surface area contributed by atoms with E-state index < -0.39 is 6.10 Å². The second kappa shape index (κ2) is 59.7. The minimum absolute atomic E-state index is 0.0736. The van der Waals surface area contributed by atoms with Crippen molar-refractivity contribution in [3.63, 3.8) is 0 Å². The Balaban J connectivity index is 4.31. The molecule has 0 radical (unpaired) electrons. The molecule has 0 heterocycles. The Hall–Kier alpha value is -2.89. The lowest BCUT2D eigenvalue weighted by molar-refractivity contribution is -0.167. The molecule has 0 aromatic rings. The highest BCUT2D eigenvalue weighted by Crippen LogP contribution is 2.16. The third-order valence-corrected chi connectivity index (χ3v) is 13.5. The highest BCUT2D eigenvalue weighted by Gasteiger charge is 2.19.